The van der Waals surface area contributed by atoms with Gasteiger partial charge in [0.2, 0.25) is 0 Å². The molecule has 0 saturated carbocycles. The average Bonchev–Trinajstić information content (AvgIpc) is 3.27. The molecule has 0 spiro atoms. The molecule has 0 bridgehead atoms. The summed E-state index contributed by atoms with van der Waals surface area (Å²) in [5, 5.41) is 12.4. The highest BCUT2D eigenvalue weighted by Gasteiger charge is 2.24. The lowest BCUT2D eigenvalue weighted by atomic mass is 10.1. The largest absolute Gasteiger partial charge is 0.367 e. The fourth-order valence-electron chi connectivity index (χ4n) is 3.03. The van der Waals surface area contributed by atoms with Crippen LogP contribution in [0.25, 0.3) is 0 Å². The van der Waals surface area contributed by atoms with E-state index in [0.29, 0.717) is 12.5 Å². The molecule has 130 valence electrons. The van der Waals surface area contributed by atoms with Crippen molar-refractivity contribution in [2.24, 2.45) is 13.0 Å². The van der Waals surface area contributed by atoms with Crippen LogP contribution in [0.2, 0.25) is 0 Å². The quantitative estimate of drug-likeness (QED) is 0.842. The fourth-order valence-corrected chi connectivity index (χ4v) is 3.90. The molecule has 0 aliphatic carbocycles. The first-order chi connectivity index (χ1) is 11.6. The van der Waals surface area contributed by atoms with Gasteiger partial charge < -0.3 is 15.5 Å². The second-order valence-electron chi connectivity index (χ2n) is 6.55. The van der Waals surface area contributed by atoms with E-state index in [9.17, 15) is 4.79 Å². The number of carbonyl (C=O) groups excluding carboxylic acids is 1. The maximum Gasteiger partial charge on any atom is 0.315 e. The van der Waals surface area contributed by atoms with Crippen LogP contribution in [0, 0.1) is 5.92 Å². The van der Waals surface area contributed by atoms with Crippen molar-refractivity contribution in [2.45, 2.75) is 25.8 Å². The van der Waals surface area contributed by atoms with Gasteiger partial charge in [0.15, 0.2) is 0 Å². The van der Waals surface area contributed by atoms with Crippen LogP contribution < -0.4 is 15.5 Å². The third-order valence-corrected chi connectivity index (χ3v) is 5.22. The second kappa shape index (κ2) is 7.70. The van der Waals surface area contributed by atoms with Gasteiger partial charge in [-0.2, -0.15) is 5.10 Å². The smallest absolute Gasteiger partial charge is 0.315 e. The lowest BCUT2D eigenvalue weighted by Crippen LogP contribution is -2.44. The number of aryl methyl sites for hydroxylation is 1. The average molecular weight is 347 g/mol. The molecule has 1 saturated heterocycles. The number of carbonyl (C=O) groups is 1. The third-order valence-electron chi connectivity index (χ3n) is 4.32. The predicted octanol–water partition coefficient (Wildman–Crippen LogP) is 2.24. The molecule has 1 fully saturated rings. The molecule has 3 heterocycles. The van der Waals surface area contributed by atoms with Gasteiger partial charge in [-0.1, -0.05) is 13.0 Å². The van der Waals surface area contributed by atoms with Crippen LogP contribution in [0.4, 0.5) is 10.5 Å². The second-order valence-corrected chi connectivity index (χ2v) is 7.58. The van der Waals surface area contributed by atoms with E-state index in [1.54, 1.807) is 16.0 Å². The van der Waals surface area contributed by atoms with Gasteiger partial charge in [0.25, 0.3) is 0 Å². The van der Waals surface area contributed by atoms with Gasteiger partial charge in [-0.25, -0.2) is 4.79 Å². The summed E-state index contributed by atoms with van der Waals surface area (Å²) >= 11 is 1.77. The molecular formula is C17H25N5OS. The molecule has 2 amide bonds. The van der Waals surface area contributed by atoms with Crippen LogP contribution in [-0.4, -0.2) is 41.5 Å². The Morgan fingerprint density at radius 1 is 1.54 bits per heavy atom. The molecule has 0 radical (unpaired) electrons. The highest BCUT2D eigenvalue weighted by molar-refractivity contribution is 7.09. The van der Waals surface area contributed by atoms with E-state index >= 15 is 0 Å². The molecule has 2 N–H and O–H groups in total. The van der Waals surface area contributed by atoms with E-state index in [4.69, 9.17) is 0 Å². The minimum atomic E-state index is -0.0638. The number of thiophene rings is 1. The number of hydrogen-bond donors (Lipinski definition) is 2. The van der Waals surface area contributed by atoms with E-state index < -0.39 is 0 Å². The molecule has 0 unspecified atom stereocenters. The summed E-state index contributed by atoms with van der Waals surface area (Å²) in [5.74, 6) is 0.435. The normalized spacial score (nSPS) is 18.6. The van der Waals surface area contributed by atoms with Crippen molar-refractivity contribution in [1.29, 1.82) is 0 Å². The van der Waals surface area contributed by atoms with Crippen molar-refractivity contribution in [3.63, 3.8) is 0 Å². The minimum absolute atomic E-state index is 0.0638. The van der Waals surface area contributed by atoms with Crippen molar-refractivity contribution in [3.05, 3.63) is 34.8 Å². The molecule has 2 aromatic rings. The Morgan fingerprint density at radius 3 is 3.12 bits per heavy atom. The summed E-state index contributed by atoms with van der Waals surface area (Å²) in [6.45, 7) is 4.65. The zero-order chi connectivity index (χ0) is 16.9. The van der Waals surface area contributed by atoms with Crippen molar-refractivity contribution >= 4 is 23.1 Å². The summed E-state index contributed by atoms with van der Waals surface area (Å²) in [6, 6.07) is 4.34. The summed E-state index contributed by atoms with van der Waals surface area (Å²) in [4.78, 5) is 15.7. The molecule has 3 rings (SSSR count). The number of nitrogens with one attached hydrogen (secondary N) is 2. The maximum atomic E-state index is 12.1. The van der Waals surface area contributed by atoms with E-state index in [-0.39, 0.29) is 12.1 Å². The standard InChI is InChI=1S/C17H25N5OS/c1-13(8-16-4-3-7-24-16)9-18-17(23)20-14-5-6-22(11-14)15-10-19-21(2)12-15/h3-4,7,10,12-14H,5-6,8-9,11H2,1-2H3,(H2,18,20,23)/t13-,14+/m0/s1. The minimum Gasteiger partial charge on any atom is -0.367 e. The topological polar surface area (TPSA) is 62.2 Å². The van der Waals surface area contributed by atoms with Crippen molar-refractivity contribution in [2.75, 3.05) is 24.5 Å². The van der Waals surface area contributed by atoms with Crippen molar-refractivity contribution < 1.29 is 4.79 Å². The van der Waals surface area contributed by atoms with E-state index in [1.165, 1.54) is 4.88 Å². The Morgan fingerprint density at radius 2 is 2.42 bits per heavy atom. The molecule has 1 aliphatic rings. The highest BCUT2D eigenvalue weighted by atomic mass is 32.1. The van der Waals surface area contributed by atoms with Gasteiger partial charge in [-0.05, 0) is 30.2 Å². The van der Waals surface area contributed by atoms with E-state index in [2.05, 4.69) is 45.1 Å². The molecule has 24 heavy (non-hydrogen) atoms. The van der Waals surface area contributed by atoms with Crippen molar-refractivity contribution in [3.8, 4) is 0 Å². The summed E-state index contributed by atoms with van der Waals surface area (Å²) in [7, 11) is 1.92. The number of aromatic nitrogens is 2. The molecule has 0 aromatic carbocycles. The van der Waals surface area contributed by atoms with E-state index in [0.717, 1.165) is 31.6 Å². The van der Waals surface area contributed by atoms with Crippen LogP contribution in [-0.2, 0) is 13.5 Å². The van der Waals surface area contributed by atoms with Gasteiger partial charge in [-0.3, -0.25) is 4.68 Å². The number of hydrogen-bond acceptors (Lipinski definition) is 4. The van der Waals surface area contributed by atoms with Gasteiger partial charge in [0.1, 0.15) is 0 Å². The summed E-state index contributed by atoms with van der Waals surface area (Å²) < 4.78 is 1.80. The zero-order valence-electron chi connectivity index (χ0n) is 14.2. The Labute approximate surface area is 146 Å². The van der Waals surface area contributed by atoms with E-state index in [1.807, 2.05) is 19.4 Å². The van der Waals surface area contributed by atoms with Gasteiger partial charge in [0, 0.05) is 43.8 Å². The van der Waals surface area contributed by atoms with Gasteiger partial charge >= 0.3 is 6.03 Å². The Bertz CT molecular complexity index is 654. The Balaban J connectivity index is 1.38. The SMILES string of the molecule is C[C@H](CNC(=O)N[C@@H]1CCN(c2cnn(C)c2)C1)Cc1cccs1. The van der Waals surface area contributed by atoms with Crippen molar-refractivity contribution in [1.82, 2.24) is 20.4 Å². The van der Waals surface area contributed by atoms with Crippen LogP contribution in [0.15, 0.2) is 29.9 Å². The first-order valence-corrected chi connectivity index (χ1v) is 9.28. The predicted molar refractivity (Wildman–Crippen MR) is 97.5 cm³/mol. The number of amides is 2. The fraction of sp³-hybridized carbons (Fsp3) is 0.529. The van der Waals surface area contributed by atoms with Gasteiger partial charge in [0.05, 0.1) is 11.9 Å². The number of nitrogens with zero attached hydrogens (tertiary/aromatic N) is 3. The summed E-state index contributed by atoms with van der Waals surface area (Å²) in [6.07, 6.45) is 5.85. The van der Waals surface area contributed by atoms with Crippen LogP contribution in [0.1, 0.15) is 18.2 Å². The Hall–Kier alpha value is -2.02. The first kappa shape index (κ1) is 16.8. The summed E-state index contributed by atoms with van der Waals surface area (Å²) in [5.41, 5.74) is 1.12. The Kier molecular flexibility index (Phi) is 5.40. The van der Waals surface area contributed by atoms with Gasteiger partial charge in [-0.15, -0.1) is 11.3 Å². The third kappa shape index (κ3) is 4.50. The number of anilines is 1. The molecule has 1 aliphatic heterocycles. The number of rotatable bonds is 6. The molecular weight excluding hydrogens is 322 g/mol. The molecule has 7 heteroatoms. The highest BCUT2D eigenvalue weighted by Crippen LogP contribution is 2.19. The first-order valence-electron chi connectivity index (χ1n) is 8.40. The molecule has 2 atom stereocenters. The lowest BCUT2D eigenvalue weighted by Gasteiger charge is -2.18. The number of urea groups is 1. The van der Waals surface area contributed by atoms with Crippen LogP contribution >= 0.6 is 11.3 Å². The zero-order valence-corrected chi connectivity index (χ0v) is 15.1. The molecule has 2 aromatic heterocycles. The molecule has 6 nitrogen and oxygen atoms in total. The van der Waals surface area contributed by atoms with Crippen LogP contribution in [0.3, 0.4) is 0 Å². The van der Waals surface area contributed by atoms with Crippen LogP contribution in [0.5, 0.6) is 0 Å². The maximum absolute atomic E-state index is 12.1. The monoisotopic (exact) mass is 347 g/mol. The lowest BCUT2D eigenvalue weighted by molar-refractivity contribution is 0.236.